The fourth-order valence-corrected chi connectivity index (χ4v) is 4.64. The minimum absolute atomic E-state index is 0.0937. The number of fused-ring (bicyclic) bond motifs is 1. The number of aryl methyl sites for hydroxylation is 1. The Morgan fingerprint density at radius 1 is 1.19 bits per heavy atom. The smallest absolute Gasteiger partial charge is 0.251 e. The molecule has 1 aromatic heterocycles. The molecule has 2 aliphatic carbocycles. The first-order valence-electron chi connectivity index (χ1n) is 11.7. The summed E-state index contributed by atoms with van der Waals surface area (Å²) in [6, 6.07) is 9.51. The van der Waals surface area contributed by atoms with E-state index in [0.717, 1.165) is 68.7 Å². The number of rotatable bonds is 8. The number of hydrogen-bond donors (Lipinski definition) is 3. The van der Waals surface area contributed by atoms with Crippen LogP contribution in [0.3, 0.4) is 0 Å². The summed E-state index contributed by atoms with van der Waals surface area (Å²) in [7, 11) is 0. The van der Waals surface area contributed by atoms with E-state index in [2.05, 4.69) is 34.7 Å². The molecule has 6 nitrogen and oxygen atoms in total. The highest BCUT2D eigenvalue weighted by atomic mass is 16.2. The maximum Gasteiger partial charge on any atom is 0.251 e. The van der Waals surface area contributed by atoms with Gasteiger partial charge in [0.05, 0.1) is 12.0 Å². The van der Waals surface area contributed by atoms with Crippen LogP contribution in [0.25, 0.3) is 10.9 Å². The number of hydrogen-bond acceptors (Lipinski definition) is 3. The molecule has 0 saturated heterocycles. The number of carbonyl (C=O) groups excluding carboxylic acids is 2. The third-order valence-electron chi connectivity index (χ3n) is 6.69. The Balaban J connectivity index is 1.43. The summed E-state index contributed by atoms with van der Waals surface area (Å²) in [5.74, 6) is -0.221. The molecule has 3 atom stereocenters. The number of aromatic amines is 1. The predicted octanol–water partition coefficient (Wildman–Crippen LogP) is 4.22. The van der Waals surface area contributed by atoms with Crippen LogP contribution in [-0.2, 0) is 11.2 Å². The summed E-state index contributed by atoms with van der Waals surface area (Å²) in [5.41, 5.74) is 2.77. The average molecular weight is 421 g/mol. The van der Waals surface area contributed by atoms with Gasteiger partial charge in [-0.25, -0.2) is 0 Å². The molecule has 4 rings (SSSR count). The van der Waals surface area contributed by atoms with Crippen LogP contribution in [0.5, 0.6) is 0 Å². The van der Waals surface area contributed by atoms with E-state index in [0.29, 0.717) is 11.5 Å². The molecule has 0 spiro atoms. The second kappa shape index (κ2) is 9.55. The lowest BCUT2D eigenvalue weighted by atomic mass is 9.83. The van der Waals surface area contributed by atoms with Gasteiger partial charge in [-0.2, -0.15) is 5.26 Å². The standard InChI is InChI=1S/C25H32N4O2/c1-2-3-6-19-13-17-11-12-18(14-22(17)27-19)24(30)28-21-8-5-4-7-20(21)25(31)29-23(15-26)16-9-10-16/h11-14,16,20-21,23,27H,2-10H2,1H3,(H,28,30)(H,29,31)/t20-,21+,23?/m1/s1. The molecule has 164 valence electrons. The van der Waals surface area contributed by atoms with Crippen molar-refractivity contribution in [2.45, 2.75) is 76.8 Å². The van der Waals surface area contributed by atoms with Gasteiger partial charge in [-0.05, 0) is 68.0 Å². The zero-order valence-electron chi connectivity index (χ0n) is 18.2. The van der Waals surface area contributed by atoms with Crippen LogP contribution in [-0.4, -0.2) is 28.9 Å². The van der Waals surface area contributed by atoms with Gasteiger partial charge in [-0.15, -0.1) is 0 Å². The summed E-state index contributed by atoms with van der Waals surface area (Å²) in [6.07, 6.45) is 8.81. The maximum atomic E-state index is 13.0. The first-order chi connectivity index (χ1) is 15.1. The van der Waals surface area contributed by atoms with Crippen molar-refractivity contribution in [2.24, 2.45) is 11.8 Å². The van der Waals surface area contributed by atoms with E-state index < -0.39 is 6.04 Å². The highest BCUT2D eigenvalue weighted by Crippen LogP contribution is 2.33. The van der Waals surface area contributed by atoms with E-state index in [1.54, 1.807) is 0 Å². The fraction of sp³-hybridized carbons (Fsp3) is 0.560. The van der Waals surface area contributed by atoms with E-state index in [-0.39, 0.29) is 23.8 Å². The molecule has 2 aliphatic rings. The van der Waals surface area contributed by atoms with Crippen molar-refractivity contribution in [2.75, 3.05) is 0 Å². The molecule has 1 aromatic carbocycles. The first kappa shape index (κ1) is 21.4. The molecule has 2 fully saturated rings. The van der Waals surface area contributed by atoms with Gasteiger partial charge in [0, 0.05) is 22.8 Å². The van der Waals surface area contributed by atoms with Crippen molar-refractivity contribution in [1.29, 1.82) is 5.26 Å². The predicted molar refractivity (Wildman–Crippen MR) is 120 cm³/mol. The second-order valence-electron chi connectivity index (χ2n) is 9.12. The Morgan fingerprint density at radius 3 is 2.74 bits per heavy atom. The lowest BCUT2D eigenvalue weighted by Crippen LogP contribution is -2.50. The van der Waals surface area contributed by atoms with Crippen molar-refractivity contribution in [3.63, 3.8) is 0 Å². The summed E-state index contributed by atoms with van der Waals surface area (Å²) >= 11 is 0. The number of carbonyl (C=O) groups is 2. The van der Waals surface area contributed by atoms with Gasteiger partial charge in [0.1, 0.15) is 6.04 Å². The molecular weight excluding hydrogens is 388 g/mol. The fourth-order valence-electron chi connectivity index (χ4n) is 4.64. The Morgan fingerprint density at radius 2 is 2.00 bits per heavy atom. The van der Waals surface area contributed by atoms with Crippen LogP contribution in [0.4, 0.5) is 0 Å². The van der Waals surface area contributed by atoms with Gasteiger partial charge in [-0.3, -0.25) is 9.59 Å². The van der Waals surface area contributed by atoms with Crippen molar-refractivity contribution in [1.82, 2.24) is 15.6 Å². The third kappa shape index (κ3) is 5.10. The summed E-state index contributed by atoms with van der Waals surface area (Å²) < 4.78 is 0. The first-order valence-corrected chi connectivity index (χ1v) is 11.7. The topological polar surface area (TPSA) is 97.8 Å². The van der Waals surface area contributed by atoms with Crippen LogP contribution >= 0.6 is 0 Å². The number of unbranched alkanes of at least 4 members (excludes halogenated alkanes) is 1. The van der Waals surface area contributed by atoms with Gasteiger partial charge in [0.15, 0.2) is 0 Å². The van der Waals surface area contributed by atoms with Crippen LogP contribution in [0.2, 0.25) is 0 Å². The molecule has 1 heterocycles. The quantitative estimate of drug-likeness (QED) is 0.596. The summed E-state index contributed by atoms with van der Waals surface area (Å²) in [5, 5.41) is 16.5. The molecule has 0 bridgehead atoms. The van der Waals surface area contributed by atoms with E-state index in [1.165, 1.54) is 5.69 Å². The largest absolute Gasteiger partial charge is 0.358 e. The Kier molecular flexibility index (Phi) is 6.60. The van der Waals surface area contributed by atoms with Gasteiger partial charge in [0.25, 0.3) is 5.91 Å². The highest BCUT2D eigenvalue weighted by Gasteiger charge is 2.37. The summed E-state index contributed by atoms with van der Waals surface area (Å²) in [4.78, 5) is 29.3. The minimum atomic E-state index is -0.400. The molecule has 31 heavy (non-hydrogen) atoms. The third-order valence-corrected chi connectivity index (χ3v) is 6.69. The number of nitrogens with zero attached hydrogens (tertiary/aromatic N) is 1. The number of H-pyrrole nitrogens is 1. The molecule has 0 aliphatic heterocycles. The molecule has 6 heteroatoms. The van der Waals surface area contributed by atoms with Crippen LogP contribution in [0, 0.1) is 23.2 Å². The van der Waals surface area contributed by atoms with Crippen molar-refractivity contribution in [3.05, 3.63) is 35.5 Å². The van der Waals surface area contributed by atoms with E-state index in [1.807, 2.05) is 18.2 Å². The second-order valence-corrected chi connectivity index (χ2v) is 9.12. The van der Waals surface area contributed by atoms with Crippen molar-refractivity contribution in [3.8, 4) is 6.07 Å². The van der Waals surface area contributed by atoms with Gasteiger partial charge >= 0.3 is 0 Å². The molecule has 1 unspecified atom stereocenters. The van der Waals surface area contributed by atoms with Crippen LogP contribution in [0.1, 0.15) is 74.3 Å². The number of nitriles is 1. The van der Waals surface area contributed by atoms with Crippen LogP contribution < -0.4 is 10.6 Å². The number of benzene rings is 1. The zero-order chi connectivity index (χ0) is 21.8. The van der Waals surface area contributed by atoms with Crippen molar-refractivity contribution < 1.29 is 9.59 Å². The van der Waals surface area contributed by atoms with E-state index in [9.17, 15) is 14.9 Å². The van der Waals surface area contributed by atoms with Crippen molar-refractivity contribution >= 4 is 22.7 Å². The lowest BCUT2D eigenvalue weighted by Gasteiger charge is -2.31. The number of aromatic nitrogens is 1. The molecule has 2 amide bonds. The molecular formula is C25H32N4O2. The molecule has 0 radical (unpaired) electrons. The maximum absolute atomic E-state index is 13.0. The zero-order valence-corrected chi connectivity index (χ0v) is 18.2. The number of nitrogens with one attached hydrogen (secondary N) is 3. The average Bonchev–Trinajstić information content (AvgIpc) is 3.54. The van der Waals surface area contributed by atoms with E-state index in [4.69, 9.17) is 0 Å². The monoisotopic (exact) mass is 420 g/mol. The molecule has 2 aromatic rings. The van der Waals surface area contributed by atoms with Gasteiger partial charge < -0.3 is 15.6 Å². The van der Waals surface area contributed by atoms with E-state index >= 15 is 0 Å². The van der Waals surface area contributed by atoms with Gasteiger partial charge in [0.2, 0.25) is 5.91 Å². The minimum Gasteiger partial charge on any atom is -0.358 e. The Hall–Kier alpha value is -2.81. The normalized spacial score (nSPS) is 21.9. The number of amides is 2. The Bertz CT molecular complexity index is 985. The lowest BCUT2D eigenvalue weighted by molar-refractivity contribution is -0.127. The Labute approximate surface area is 183 Å². The molecule has 3 N–H and O–H groups in total. The van der Waals surface area contributed by atoms with Crippen LogP contribution in [0.15, 0.2) is 24.3 Å². The van der Waals surface area contributed by atoms with Gasteiger partial charge in [-0.1, -0.05) is 32.3 Å². The SMILES string of the molecule is CCCCc1cc2ccc(C(=O)N[C@H]3CCCC[C@H]3C(=O)NC(C#N)C3CC3)cc2[nH]1. The summed E-state index contributed by atoms with van der Waals surface area (Å²) in [6.45, 7) is 2.18. The molecule has 2 saturated carbocycles. The highest BCUT2D eigenvalue weighted by molar-refractivity contribution is 5.98.